The average molecular weight is 638 g/mol. The molecule has 0 radical (unpaired) electrons. The van der Waals surface area contributed by atoms with E-state index in [-0.39, 0.29) is 0 Å². The first-order valence-electron chi connectivity index (χ1n) is 18.7. The lowest BCUT2D eigenvalue weighted by Gasteiger charge is -2.37. The Morgan fingerprint density at radius 2 is 0.867 bits per heavy atom. The first-order chi connectivity index (χ1) is 21.5. The summed E-state index contributed by atoms with van der Waals surface area (Å²) in [6, 6.07) is 0. The molecule has 7 heteroatoms. The monoisotopic (exact) mass is 638 g/mol. The summed E-state index contributed by atoms with van der Waals surface area (Å²) in [4.78, 5) is 34.4. The van der Waals surface area contributed by atoms with Crippen LogP contribution >= 0.6 is 0 Å². The number of carbonyl (C=O) groups is 3. The topological polar surface area (TPSA) is 115 Å². The Hall–Kier alpha value is -1.89. The molecule has 3 atom stereocenters. The van der Waals surface area contributed by atoms with Crippen molar-refractivity contribution in [2.75, 3.05) is 19.6 Å². The van der Waals surface area contributed by atoms with Crippen molar-refractivity contribution < 1.29 is 34.2 Å². The zero-order chi connectivity index (χ0) is 33.8. The van der Waals surface area contributed by atoms with E-state index >= 15 is 0 Å². The summed E-state index contributed by atoms with van der Waals surface area (Å²) in [5, 5.41) is 30.2. The number of nitrogens with zero attached hydrogens (tertiary/aromatic N) is 1. The quantitative estimate of drug-likeness (QED) is 0.0548. The van der Waals surface area contributed by atoms with Crippen molar-refractivity contribution in [2.24, 2.45) is 17.8 Å². The number of carboxylic acid groups (broad SMARTS) is 3. The van der Waals surface area contributed by atoms with Crippen LogP contribution in [0.3, 0.4) is 0 Å². The number of hydrogen-bond donors (Lipinski definition) is 2. The molecule has 0 aliphatic heterocycles. The molecule has 0 saturated carbocycles. The molecule has 0 aromatic heterocycles. The standard InChI is InChI=1S/C38H71NO6/c1-5-6-7-8-9-10-11-12-13-14-15-16-17-18-19-20-21-22-23-24-25-29-39(30-26-33(2)36(40)41,31-27-34(3)37(42)43)32-28-35(4)38(44)45/h25,29,33-35H,5-24,26-28,30-32H2,1-4H3,(H2-,40,41,42,43,44,45)/b29-25+. The van der Waals surface area contributed by atoms with E-state index in [1.807, 2.05) is 0 Å². The molecule has 0 bridgehead atoms. The molecule has 0 fully saturated rings. The third-order valence-electron chi connectivity index (χ3n) is 9.66. The second-order valence-corrected chi connectivity index (χ2v) is 14.0. The number of rotatable bonds is 33. The van der Waals surface area contributed by atoms with E-state index in [4.69, 9.17) is 0 Å². The molecule has 264 valence electrons. The molecule has 0 aliphatic rings. The summed E-state index contributed by atoms with van der Waals surface area (Å²) in [7, 11) is 0. The first kappa shape index (κ1) is 43.1. The van der Waals surface area contributed by atoms with E-state index in [1.54, 1.807) is 20.8 Å². The summed E-state index contributed by atoms with van der Waals surface area (Å²) in [5.74, 6) is -4.47. The Morgan fingerprint density at radius 1 is 0.556 bits per heavy atom. The molecule has 7 nitrogen and oxygen atoms in total. The van der Waals surface area contributed by atoms with E-state index in [1.165, 1.54) is 116 Å². The molecular weight excluding hydrogens is 566 g/mol. The van der Waals surface area contributed by atoms with Gasteiger partial charge in [-0.25, -0.2) is 0 Å². The molecule has 0 aliphatic carbocycles. The van der Waals surface area contributed by atoms with Crippen LogP contribution in [0, 0.1) is 17.8 Å². The smallest absolute Gasteiger partial charge is 0.306 e. The average Bonchev–Trinajstić information content (AvgIpc) is 3.01. The van der Waals surface area contributed by atoms with Crippen LogP contribution in [0.4, 0.5) is 0 Å². The minimum absolute atomic E-state index is 0.398. The zero-order valence-corrected chi connectivity index (χ0v) is 29.7. The SMILES string of the molecule is CCCCCCCCCCCCCCCCCCCCC/C=C/[N+](CCC(C)C(=O)[O-])(CCC(C)C(=O)O)CCC(C)C(=O)O. The van der Waals surface area contributed by atoms with Crippen LogP contribution in [0.2, 0.25) is 0 Å². The fourth-order valence-corrected chi connectivity index (χ4v) is 5.91. The lowest BCUT2D eigenvalue weighted by Crippen LogP contribution is -2.48. The number of hydrogen-bond acceptors (Lipinski definition) is 4. The van der Waals surface area contributed by atoms with Gasteiger partial charge in [-0.1, -0.05) is 143 Å². The van der Waals surface area contributed by atoms with Gasteiger partial charge in [0, 0.05) is 31.1 Å². The summed E-state index contributed by atoms with van der Waals surface area (Å²) >= 11 is 0. The molecular formula is C38H71NO6. The summed E-state index contributed by atoms with van der Waals surface area (Å²) in [6.07, 6.45) is 32.1. The van der Waals surface area contributed by atoms with Gasteiger partial charge in [0.05, 0.1) is 37.7 Å². The summed E-state index contributed by atoms with van der Waals surface area (Å²) in [6.45, 7) is 8.87. The molecule has 45 heavy (non-hydrogen) atoms. The van der Waals surface area contributed by atoms with Gasteiger partial charge in [0.25, 0.3) is 0 Å². The summed E-state index contributed by atoms with van der Waals surface area (Å²) < 4.78 is 0.409. The molecule has 2 N–H and O–H groups in total. The van der Waals surface area contributed by atoms with Crippen LogP contribution < -0.4 is 5.11 Å². The van der Waals surface area contributed by atoms with Crippen molar-refractivity contribution >= 4 is 17.9 Å². The summed E-state index contributed by atoms with van der Waals surface area (Å²) in [5.41, 5.74) is 0. The fourth-order valence-electron chi connectivity index (χ4n) is 5.91. The first-order valence-corrected chi connectivity index (χ1v) is 18.7. The molecule has 0 aromatic rings. The molecule has 0 heterocycles. The molecule has 0 spiro atoms. The van der Waals surface area contributed by atoms with Crippen molar-refractivity contribution in [3.05, 3.63) is 12.3 Å². The van der Waals surface area contributed by atoms with E-state index in [0.717, 1.165) is 12.8 Å². The molecule has 0 saturated heterocycles. The normalized spacial score (nSPS) is 15.1. The Balaban J connectivity index is 4.40. The van der Waals surface area contributed by atoms with E-state index in [9.17, 15) is 29.7 Å². The Labute approximate surface area is 276 Å². The fraction of sp³-hybridized carbons (Fsp3) is 0.868. The van der Waals surface area contributed by atoms with Gasteiger partial charge in [-0.05, 0) is 18.9 Å². The van der Waals surface area contributed by atoms with Crippen LogP contribution in [-0.4, -0.2) is 52.2 Å². The van der Waals surface area contributed by atoms with Crippen molar-refractivity contribution in [3.8, 4) is 0 Å². The number of unbranched alkanes of at least 4 members (excludes halogenated alkanes) is 19. The lowest BCUT2D eigenvalue weighted by atomic mass is 10.0. The lowest BCUT2D eigenvalue weighted by molar-refractivity contribution is -0.881. The van der Waals surface area contributed by atoms with E-state index in [0.29, 0.717) is 43.4 Å². The molecule has 0 aromatic carbocycles. The van der Waals surface area contributed by atoms with Crippen LogP contribution in [0.1, 0.15) is 175 Å². The van der Waals surface area contributed by atoms with Gasteiger partial charge in [-0.15, -0.1) is 0 Å². The van der Waals surface area contributed by atoms with Crippen LogP contribution in [0.25, 0.3) is 0 Å². The second-order valence-electron chi connectivity index (χ2n) is 14.0. The third-order valence-corrected chi connectivity index (χ3v) is 9.66. The number of aliphatic carboxylic acids is 3. The second kappa shape index (κ2) is 28.3. The highest BCUT2D eigenvalue weighted by atomic mass is 16.4. The van der Waals surface area contributed by atoms with Crippen LogP contribution in [0.5, 0.6) is 0 Å². The Bertz CT molecular complexity index is 722. The van der Waals surface area contributed by atoms with Gasteiger partial charge in [-0.2, -0.15) is 0 Å². The highest BCUT2D eigenvalue weighted by Gasteiger charge is 2.29. The van der Waals surface area contributed by atoms with Crippen LogP contribution in [0.15, 0.2) is 12.3 Å². The van der Waals surface area contributed by atoms with Crippen molar-refractivity contribution in [2.45, 2.75) is 175 Å². The minimum Gasteiger partial charge on any atom is -0.550 e. The molecule has 0 amide bonds. The highest BCUT2D eigenvalue weighted by Crippen LogP contribution is 2.22. The van der Waals surface area contributed by atoms with Gasteiger partial charge < -0.3 is 20.1 Å². The van der Waals surface area contributed by atoms with E-state index < -0.39 is 35.7 Å². The zero-order valence-electron chi connectivity index (χ0n) is 29.7. The number of carboxylic acids is 3. The largest absolute Gasteiger partial charge is 0.550 e. The minimum atomic E-state index is -1.09. The number of carbonyl (C=O) groups excluding carboxylic acids is 1. The maximum atomic E-state index is 11.5. The maximum Gasteiger partial charge on any atom is 0.306 e. The van der Waals surface area contributed by atoms with Gasteiger partial charge >= 0.3 is 11.9 Å². The van der Waals surface area contributed by atoms with Gasteiger partial charge in [0.2, 0.25) is 0 Å². The predicted octanol–water partition coefficient (Wildman–Crippen LogP) is 9.14. The maximum absolute atomic E-state index is 11.5. The van der Waals surface area contributed by atoms with Gasteiger partial charge in [-0.3, -0.25) is 14.1 Å². The van der Waals surface area contributed by atoms with Gasteiger partial charge in [0.1, 0.15) is 0 Å². The van der Waals surface area contributed by atoms with Crippen molar-refractivity contribution in [1.29, 1.82) is 0 Å². The Morgan fingerprint density at radius 3 is 1.18 bits per heavy atom. The number of allylic oxidation sites excluding steroid dienone is 1. The van der Waals surface area contributed by atoms with Crippen molar-refractivity contribution in [1.82, 2.24) is 0 Å². The number of quaternary nitrogens is 1. The van der Waals surface area contributed by atoms with Crippen molar-refractivity contribution in [3.63, 3.8) is 0 Å². The Kier molecular flexibility index (Phi) is 27.2. The molecule has 0 rings (SSSR count). The van der Waals surface area contributed by atoms with E-state index in [2.05, 4.69) is 19.2 Å². The third kappa shape index (κ3) is 24.9. The molecule has 3 unspecified atom stereocenters. The van der Waals surface area contributed by atoms with Crippen LogP contribution in [-0.2, 0) is 14.4 Å². The predicted molar refractivity (Wildman–Crippen MR) is 184 cm³/mol. The van der Waals surface area contributed by atoms with Gasteiger partial charge in [0.15, 0.2) is 0 Å². The highest BCUT2D eigenvalue weighted by molar-refractivity contribution is 5.69.